The molecule has 1 saturated carbocycles. The Morgan fingerprint density at radius 3 is 2.50 bits per heavy atom. The normalized spacial score (nSPS) is 34.1. The van der Waals surface area contributed by atoms with Gasteiger partial charge >= 0.3 is 0 Å². The Kier molecular flexibility index (Phi) is 3.56. The lowest BCUT2D eigenvalue weighted by Crippen LogP contribution is -2.34. The van der Waals surface area contributed by atoms with Crippen LogP contribution in [0, 0.1) is 29.6 Å². The molecule has 0 nitrogen and oxygen atoms in total. The minimum absolute atomic E-state index is 0.719. The Balaban J connectivity index is 2.27. The first-order chi connectivity index (χ1) is 7.61. The maximum Gasteiger partial charge on any atom is -0.0104 e. The molecule has 2 rings (SSSR count). The summed E-state index contributed by atoms with van der Waals surface area (Å²) >= 11 is 0. The second-order valence-corrected chi connectivity index (χ2v) is 6.23. The molecule has 0 N–H and O–H groups in total. The van der Waals surface area contributed by atoms with E-state index >= 15 is 0 Å². The van der Waals surface area contributed by atoms with Crippen molar-refractivity contribution in [1.82, 2.24) is 0 Å². The summed E-state index contributed by atoms with van der Waals surface area (Å²) in [6, 6.07) is 0. The molecule has 16 heavy (non-hydrogen) atoms. The highest BCUT2D eigenvalue weighted by molar-refractivity contribution is 5.26. The van der Waals surface area contributed by atoms with Crippen molar-refractivity contribution < 1.29 is 0 Å². The van der Waals surface area contributed by atoms with E-state index in [1.54, 1.807) is 5.57 Å². The molecule has 1 fully saturated rings. The summed E-state index contributed by atoms with van der Waals surface area (Å²) in [6.07, 6.45) is 11.4. The van der Waals surface area contributed by atoms with Gasteiger partial charge in [0, 0.05) is 0 Å². The van der Waals surface area contributed by atoms with Gasteiger partial charge < -0.3 is 0 Å². The van der Waals surface area contributed by atoms with E-state index in [1.165, 1.54) is 19.3 Å². The fourth-order valence-electron chi connectivity index (χ4n) is 3.72. The quantitative estimate of drug-likeness (QED) is 0.623. The van der Waals surface area contributed by atoms with Crippen LogP contribution in [-0.2, 0) is 0 Å². The molecule has 0 aliphatic heterocycles. The van der Waals surface area contributed by atoms with Gasteiger partial charge in [0.2, 0.25) is 0 Å². The Labute approximate surface area is 101 Å². The highest BCUT2D eigenvalue weighted by Crippen LogP contribution is 2.46. The van der Waals surface area contributed by atoms with Crippen LogP contribution in [0.1, 0.15) is 47.0 Å². The molecule has 0 radical (unpaired) electrons. The first-order valence-electron chi connectivity index (χ1n) is 6.99. The summed E-state index contributed by atoms with van der Waals surface area (Å²) in [5.41, 5.74) is 1.71. The van der Waals surface area contributed by atoms with E-state index in [0.717, 1.165) is 29.6 Å². The summed E-state index contributed by atoms with van der Waals surface area (Å²) in [4.78, 5) is 0. The first-order valence-corrected chi connectivity index (χ1v) is 6.99. The van der Waals surface area contributed by atoms with Gasteiger partial charge in [0.25, 0.3) is 0 Å². The van der Waals surface area contributed by atoms with Crippen molar-refractivity contribution in [3.05, 3.63) is 23.8 Å². The van der Waals surface area contributed by atoms with Gasteiger partial charge in [0.15, 0.2) is 0 Å². The lowest BCUT2D eigenvalue weighted by atomic mass is 9.62. The Morgan fingerprint density at radius 1 is 1.12 bits per heavy atom. The molecule has 0 aromatic carbocycles. The highest BCUT2D eigenvalue weighted by Gasteiger charge is 2.37. The average Bonchev–Trinajstić information content (AvgIpc) is 2.27. The van der Waals surface area contributed by atoms with Crippen LogP contribution in [0.5, 0.6) is 0 Å². The molecular formula is C16H26. The molecule has 0 aromatic heterocycles. The lowest BCUT2D eigenvalue weighted by Gasteiger charge is -2.43. The molecule has 3 unspecified atom stereocenters. The molecule has 0 aromatic rings. The molecular weight excluding hydrogens is 192 g/mol. The van der Waals surface area contributed by atoms with Gasteiger partial charge in [-0.2, -0.15) is 0 Å². The fraction of sp³-hybridized carbons (Fsp3) is 0.750. The van der Waals surface area contributed by atoms with E-state index in [2.05, 4.69) is 45.9 Å². The molecule has 0 bridgehead atoms. The van der Waals surface area contributed by atoms with E-state index in [4.69, 9.17) is 0 Å². The van der Waals surface area contributed by atoms with E-state index in [0.29, 0.717) is 0 Å². The highest BCUT2D eigenvalue weighted by atomic mass is 14.4. The number of hydrogen-bond donors (Lipinski definition) is 0. The minimum atomic E-state index is 0.719. The summed E-state index contributed by atoms with van der Waals surface area (Å²) < 4.78 is 0. The van der Waals surface area contributed by atoms with Crippen molar-refractivity contribution in [2.24, 2.45) is 29.6 Å². The number of rotatable bonds is 2. The first kappa shape index (κ1) is 12.0. The molecule has 0 amide bonds. The van der Waals surface area contributed by atoms with Gasteiger partial charge in [-0.25, -0.2) is 0 Å². The van der Waals surface area contributed by atoms with E-state index in [9.17, 15) is 0 Å². The maximum absolute atomic E-state index is 2.46. The van der Waals surface area contributed by atoms with Crippen molar-refractivity contribution in [2.75, 3.05) is 0 Å². The number of allylic oxidation sites excluding steroid dienone is 4. The largest absolute Gasteiger partial charge is 0.0808 e. The van der Waals surface area contributed by atoms with E-state index in [-0.39, 0.29) is 0 Å². The standard InChI is InChI=1S/C16H26/c1-11(2)14-9-5-7-13-8-6-10-15(12(3)4)16(13)14/h5,7,9,11-13,15-16H,6,8,10H2,1-4H3. The Hall–Kier alpha value is -0.520. The van der Waals surface area contributed by atoms with Crippen LogP contribution < -0.4 is 0 Å². The summed E-state index contributed by atoms with van der Waals surface area (Å²) in [6.45, 7) is 9.52. The van der Waals surface area contributed by atoms with Crippen molar-refractivity contribution in [3.8, 4) is 0 Å². The summed E-state index contributed by atoms with van der Waals surface area (Å²) in [5, 5.41) is 0. The Bertz CT molecular complexity index is 293. The third kappa shape index (κ3) is 2.12. The Morgan fingerprint density at radius 2 is 1.88 bits per heavy atom. The number of fused-ring (bicyclic) bond motifs is 1. The fourth-order valence-corrected chi connectivity index (χ4v) is 3.72. The van der Waals surface area contributed by atoms with Crippen molar-refractivity contribution in [2.45, 2.75) is 47.0 Å². The average molecular weight is 218 g/mol. The SMILES string of the molecule is CC(C)C1=CC=CC2CCCC(C(C)C)C12. The minimum Gasteiger partial charge on any atom is -0.0808 e. The van der Waals surface area contributed by atoms with Gasteiger partial charge in [0.05, 0.1) is 0 Å². The molecule has 0 saturated heterocycles. The topological polar surface area (TPSA) is 0 Å². The van der Waals surface area contributed by atoms with Crippen molar-refractivity contribution >= 4 is 0 Å². The van der Waals surface area contributed by atoms with Gasteiger partial charge in [0.1, 0.15) is 0 Å². The molecule has 3 atom stereocenters. The predicted molar refractivity (Wildman–Crippen MR) is 71.2 cm³/mol. The van der Waals surface area contributed by atoms with Gasteiger partial charge in [-0.15, -0.1) is 0 Å². The monoisotopic (exact) mass is 218 g/mol. The predicted octanol–water partition coefficient (Wildman–Crippen LogP) is 4.83. The zero-order valence-electron chi connectivity index (χ0n) is 11.2. The van der Waals surface area contributed by atoms with Crippen LogP contribution in [0.15, 0.2) is 23.8 Å². The summed E-state index contributed by atoms with van der Waals surface area (Å²) in [5.74, 6) is 4.15. The molecule has 0 heteroatoms. The van der Waals surface area contributed by atoms with Crippen molar-refractivity contribution in [3.63, 3.8) is 0 Å². The van der Waals surface area contributed by atoms with Crippen LogP contribution in [0.4, 0.5) is 0 Å². The zero-order valence-corrected chi connectivity index (χ0v) is 11.2. The van der Waals surface area contributed by atoms with Crippen LogP contribution >= 0.6 is 0 Å². The second kappa shape index (κ2) is 4.77. The van der Waals surface area contributed by atoms with Gasteiger partial charge in [-0.1, -0.05) is 57.9 Å². The van der Waals surface area contributed by atoms with Crippen LogP contribution in [-0.4, -0.2) is 0 Å². The molecule has 2 aliphatic rings. The van der Waals surface area contributed by atoms with Gasteiger partial charge in [-0.05, 0) is 42.4 Å². The smallest absolute Gasteiger partial charge is 0.0104 e. The summed E-state index contributed by atoms with van der Waals surface area (Å²) in [7, 11) is 0. The molecule has 0 spiro atoms. The van der Waals surface area contributed by atoms with Crippen LogP contribution in [0.3, 0.4) is 0 Å². The van der Waals surface area contributed by atoms with Crippen molar-refractivity contribution in [1.29, 1.82) is 0 Å². The molecule has 0 heterocycles. The molecule has 2 aliphatic carbocycles. The van der Waals surface area contributed by atoms with E-state index in [1.807, 2.05) is 0 Å². The van der Waals surface area contributed by atoms with Crippen LogP contribution in [0.2, 0.25) is 0 Å². The maximum atomic E-state index is 2.46. The van der Waals surface area contributed by atoms with Gasteiger partial charge in [-0.3, -0.25) is 0 Å². The lowest BCUT2D eigenvalue weighted by molar-refractivity contribution is 0.158. The third-order valence-electron chi connectivity index (χ3n) is 4.55. The van der Waals surface area contributed by atoms with E-state index < -0.39 is 0 Å². The number of hydrogen-bond acceptors (Lipinski definition) is 0. The second-order valence-electron chi connectivity index (χ2n) is 6.23. The third-order valence-corrected chi connectivity index (χ3v) is 4.55. The zero-order chi connectivity index (χ0) is 11.7. The van der Waals surface area contributed by atoms with Crippen LogP contribution in [0.25, 0.3) is 0 Å². The molecule has 90 valence electrons.